The molecule has 0 spiro atoms. The van der Waals surface area contributed by atoms with E-state index in [4.69, 9.17) is 9.84 Å². The molecule has 0 unspecified atom stereocenters. The molecule has 5 heteroatoms. The van der Waals surface area contributed by atoms with E-state index >= 15 is 0 Å². The van der Waals surface area contributed by atoms with E-state index in [0.29, 0.717) is 21.7 Å². The minimum atomic E-state index is -0.394. The maximum Gasteiger partial charge on any atom is 0.219 e. The van der Waals surface area contributed by atoms with Gasteiger partial charge in [-0.1, -0.05) is 0 Å². The molecule has 3 nitrogen and oxygen atoms in total. The Labute approximate surface area is 106 Å². The van der Waals surface area contributed by atoms with E-state index in [1.54, 1.807) is 24.3 Å². The van der Waals surface area contributed by atoms with Gasteiger partial charge in [0.15, 0.2) is 0 Å². The van der Waals surface area contributed by atoms with Crippen molar-refractivity contribution in [2.24, 2.45) is 0 Å². The van der Waals surface area contributed by atoms with E-state index in [1.165, 1.54) is 12.3 Å². The molecule has 0 atom stereocenters. The number of halogens is 2. The maximum absolute atomic E-state index is 13.2. The smallest absolute Gasteiger partial charge is 0.219 e. The first kappa shape index (κ1) is 12.0. The first-order valence-corrected chi connectivity index (χ1v) is 5.67. The fourth-order valence-electron chi connectivity index (χ4n) is 1.23. The highest BCUT2D eigenvalue weighted by Crippen LogP contribution is 2.24. The van der Waals surface area contributed by atoms with Crippen molar-refractivity contribution in [1.29, 1.82) is 0 Å². The summed E-state index contributed by atoms with van der Waals surface area (Å²) in [5, 5.41) is 8.85. The van der Waals surface area contributed by atoms with E-state index in [0.717, 1.165) is 0 Å². The molecule has 2 aromatic rings. The molecule has 0 amide bonds. The highest BCUT2D eigenvalue weighted by atomic mass is 79.9. The Morgan fingerprint density at radius 1 is 1.29 bits per heavy atom. The number of hydrogen-bond donors (Lipinski definition) is 1. The Balaban J connectivity index is 2.16. The lowest BCUT2D eigenvalue weighted by atomic mass is 10.3. The molecule has 1 heterocycles. The fraction of sp³-hybridized carbons (Fsp3) is 0.0833. The SMILES string of the molecule is OCc1ccc(Oc2ccc(Br)c(F)c2)nc1. The average molecular weight is 298 g/mol. The topological polar surface area (TPSA) is 42.4 Å². The predicted octanol–water partition coefficient (Wildman–Crippen LogP) is 3.27. The van der Waals surface area contributed by atoms with E-state index in [1.807, 2.05) is 0 Å². The number of benzene rings is 1. The molecule has 88 valence electrons. The Kier molecular flexibility index (Phi) is 3.71. The van der Waals surface area contributed by atoms with Gasteiger partial charge in [-0.25, -0.2) is 9.37 Å². The molecule has 0 aliphatic rings. The third kappa shape index (κ3) is 3.01. The number of nitrogens with zero attached hydrogens (tertiary/aromatic N) is 1. The van der Waals surface area contributed by atoms with Crippen molar-refractivity contribution in [2.75, 3.05) is 0 Å². The first-order chi connectivity index (χ1) is 8.19. The van der Waals surface area contributed by atoms with E-state index in [2.05, 4.69) is 20.9 Å². The molecule has 1 aromatic heterocycles. The molecule has 1 aromatic carbocycles. The number of aliphatic hydroxyl groups excluding tert-OH is 1. The standard InChI is InChI=1S/C12H9BrFNO2/c13-10-3-2-9(5-11(10)14)17-12-4-1-8(7-16)6-15-12/h1-6,16H,7H2. The van der Waals surface area contributed by atoms with Gasteiger partial charge in [-0.3, -0.25) is 0 Å². The van der Waals surface area contributed by atoms with Crippen LogP contribution < -0.4 is 4.74 Å². The predicted molar refractivity (Wildman–Crippen MR) is 64.3 cm³/mol. The summed E-state index contributed by atoms with van der Waals surface area (Å²) in [6.45, 7) is -0.0693. The van der Waals surface area contributed by atoms with Crippen LogP contribution in [-0.2, 0) is 6.61 Å². The van der Waals surface area contributed by atoms with Gasteiger partial charge >= 0.3 is 0 Å². The quantitative estimate of drug-likeness (QED) is 0.945. The Morgan fingerprint density at radius 2 is 2.12 bits per heavy atom. The molecule has 0 aliphatic carbocycles. The number of ether oxygens (including phenoxy) is 1. The molecule has 17 heavy (non-hydrogen) atoms. The van der Waals surface area contributed by atoms with Crippen LogP contribution in [-0.4, -0.2) is 10.1 Å². The van der Waals surface area contributed by atoms with Gasteiger partial charge in [0, 0.05) is 18.3 Å². The maximum atomic E-state index is 13.2. The van der Waals surface area contributed by atoms with Crippen molar-refractivity contribution in [3.8, 4) is 11.6 Å². The second-order valence-corrected chi connectivity index (χ2v) is 4.20. The van der Waals surface area contributed by atoms with Crippen LogP contribution in [0.15, 0.2) is 41.0 Å². The third-order valence-electron chi connectivity index (χ3n) is 2.09. The summed E-state index contributed by atoms with van der Waals surface area (Å²) < 4.78 is 19.0. The van der Waals surface area contributed by atoms with Crippen LogP contribution in [0.5, 0.6) is 11.6 Å². The van der Waals surface area contributed by atoms with Gasteiger partial charge < -0.3 is 9.84 Å². The van der Waals surface area contributed by atoms with Crippen LogP contribution in [0, 0.1) is 5.82 Å². The normalized spacial score (nSPS) is 10.3. The summed E-state index contributed by atoms with van der Waals surface area (Å²) in [6, 6.07) is 7.77. The van der Waals surface area contributed by atoms with Crippen LogP contribution in [0.2, 0.25) is 0 Å². The van der Waals surface area contributed by atoms with Crippen molar-refractivity contribution >= 4 is 15.9 Å². The average Bonchev–Trinajstić information content (AvgIpc) is 2.35. The number of aromatic nitrogens is 1. The summed E-state index contributed by atoms with van der Waals surface area (Å²) in [6.07, 6.45) is 1.50. The van der Waals surface area contributed by atoms with Gasteiger partial charge in [0.2, 0.25) is 5.88 Å². The molecule has 0 aliphatic heterocycles. The molecule has 0 radical (unpaired) electrons. The summed E-state index contributed by atoms with van der Waals surface area (Å²) in [4.78, 5) is 3.98. The van der Waals surface area contributed by atoms with Crippen molar-refractivity contribution < 1.29 is 14.2 Å². The van der Waals surface area contributed by atoms with Crippen LogP contribution in [0.25, 0.3) is 0 Å². The van der Waals surface area contributed by atoms with Crippen molar-refractivity contribution in [3.63, 3.8) is 0 Å². The van der Waals surface area contributed by atoms with Crippen molar-refractivity contribution in [1.82, 2.24) is 4.98 Å². The monoisotopic (exact) mass is 297 g/mol. The Hall–Kier alpha value is -1.46. The first-order valence-electron chi connectivity index (χ1n) is 4.88. The lowest BCUT2D eigenvalue weighted by molar-refractivity contribution is 0.281. The number of aliphatic hydroxyl groups is 1. The van der Waals surface area contributed by atoms with Gasteiger partial charge in [-0.2, -0.15) is 0 Å². The van der Waals surface area contributed by atoms with Gasteiger partial charge in [0.1, 0.15) is 11.6 Å². The van der Waals surface area contributed by atoms with Gasteiger partial charge in [0.25, 0.3) is 0 Å². The minimum absolute atomic E-state index is 0.0693. The highest BCUT2D eigenvalue weighted by molar-refractivity contribution is 9.10. The van der Waals surface area contributed by atoms with Crippen LogP contribution in [0.4, 0.5) is 4.39 Å². The second-order valence-electron chi connectivity index (χ2n) is 3.34. The van der Waals surface area contributed by atoms with Crippen LogP contribution >= 0.6 is 15.9 Å². The molecular formula is C12H9BrFNO2. The Bertz CT molecular complexity index is 516. The summed E-state index contributed by atoms with van der Waals surface area (Å²) >= 11 is 3.06. The number of hydrogen-bond acceptors (Lipinski definition) is 3. The summed E-state index contributed by atoms with van der Waals surface area (Å²) in [5.74, 6) is 0.327. The fourth-order valence-corrected chi connectivity index (χ4v) is 1.47. The molecule has 1 N–H and O–H groups in total. The third-order valence-corrected chi connectivity index (χ3v) is 2.74. The summed E-state index contributed by atoms with van der Waals surface area (Å²) in [5.41, 5.74) is 0.694. The number of pyridine rings is 1. The van der Waals surface area contributed by atoms with Gasteiger partial charge in [-0.15, -0.1) is 0 Å². The van der Waals surface area contributed by atoms with Gasteiger partial charge in [0.05, 0.1) is 11.1 Å². The van der Waals surface area contributed by atoms with Crippen LogP contribution in [0.3, 0.4) is 0 Å². The molecule has 0 bridgehead atoms. The van der Waals surface area contributed by atoms with E-state index in [-0.39, 0.29) is 6.61 Å². The van der Waals surface area contributed by atoms with Crippen LogP contribution in [0.1, 0.15) is 5.56 Å². The Morgan fingerprint density at radius 3 is 2.71 bits per heavy atom. The highest BCUT2D eigenvalue weighted by Gasteiger charge is 2.03. The summed E-state index contributed by atoms with van der Waals surface area (Å²) in [7, 11) is 0. The van der Waals surface area contributed by atoms with Crippen molar-refractivity contribution in [2.45, 2.75) is 6.61 Å². The van der Waals surface area contributed by atoms with E-state index < -0.39 is 5.82 Å². The zero-order valence-electron chi connectivity index (χ0n) is 8.73. The van der Waals surface area contributed by atoms with Crippen molar-refractivity contribution in [3.05, 3.63) is 52.4 Å². The molecule has 0 fully saturated rings. The molecule has 0 saturated heterocycles. The lowest BCUT2D eigenvalue weighted by Crippen LogP contribution is -1.90. The second kappa shape index (κ2) is 5.25. The minimum Gasteiger partial charge on any atom is -0.439 e. The molecule has 0 saturated carbocycles. The zero-order chi connectivity index (χ0) is 12.3. The number of rotatable bonds is 3. The van der Waals surface area contributed by atoms with Gasteiger partial charge in [-0.05, 0) is 39.7 Å². The van der Waals surface area contributed by atoms with E-state index in [9.17, 15) is 4.39 Å². The molecule has 2 rings (SSSR count). The lowest BCUT2D eigenvalue weighted by Gasteiger charge is -2.05. The largest absolute Gasteiger partial charge is 0.439 e. The zero-order valence-corrected chi connectivity index (χ0v) is 10.3. The molecular weight excluding hydrogens is 289 g/mol.